The molecular formula is C9H12N2OS. The van der Waals surface area contributed by atoms with Crippen molar-refractivity contribution in [3.05, 3.63) is 34.5 Å². The van der Waals surface area contributed by atoms with Crippen LogP contribution >= 0.6 is 11.3 Å². The van der Waals surface area contributed by atoms with Crippen LogP contribution in [0.1, 0.15) is 14.5 Å². The normalized spacial score (nSPS) is 9.62. The monoisotopic (exact) mass is 196 g/mol. The third kappa shape index (κ3) is 2.68. The van der Waals surface area contributed by atoms with Crippen molar-refractivity contribution in [2.75, 3.05) is 6.54 Å². The maximum absolute atomic E-state index is 11.3. The summed E-state index contributed by atoms with van der Waals surface area (Å²) in [5.74, 6) is -0.0652. The fourth-order valence-corrected chi connectivity index (χ4v) is 1.66. The Kier molecular flexibility index (Phi) is 3.67. The van der Waals surface area contributed by atoms with Crippen molar-refractivity contribution in [1.82, 2.24) is 5.32 Å². The van der Waals surface area contributed by atoms with Gasteiger partial charge in [-0.1, -0.05) is 6.08 Å². The smallest absolute Gasteiger partial charge is 0.261 e. The third-order valence-corrected chi connectivity index (χ3v) is 2.60. The van der Waals surface area contributed by atoms with Crippen LogP contribution in [0.4, 0.5) is 0 Å². The molecule has 3 N–H and O–H groups in total. The predicted octanol–water partition coefficient (Wildman–Crippen LogP) is 1.12. The summed E-state index contributed by atoms with van der Waals surface area (Å²) < 4.78 is 0. The van der Waals surface area contributed by atoms with E-state index in [-0.39, 0.29) is 5.91 Å². The van der Waals surface area contributed by atoms with Crippen LogP contribution in [0.5, 0.6) is 0 Å². The minimum atomic E-state index is -0.0652. The molecule has 1 heterocycles. The summed E-state index contributed by atoms with van der Waals surface area (Å²) in [5, 5.41) is 2.70. The van der Waals surface area contributed by atoms with Crippen molar-refractivity contribution >= 4 is 17.2 Å². The summed E-state index contributed by atoms with van der Waals surface area (Å²) in [6.07, 6.45) is 1.65. The number of carbonyl (C=O) groups excluding carboxylic acids is 1. The summed E-state index contributed by atoms with van der Waals surface area (Å²) in [6, 6.07) is 3.65. The van der Waals surface area contributed by atoms with Crippen molar-refractivity contribution < 1.29 is 4.79 Å². The van der Waals surface area contributed by atoms with Crippen molar-refractivity contribution in [2.45, 2.75) is 6.54 Å². The molecule has 0 saturated heterocycles. The Morgan fingerprint density at radius 3 is 3.00 bits per heavy atom. The second kappa shape index (κ2) is 4.79. The van der Waals surface area contributed by atoms with Gasteiger partial charge in [-0.15, -0.1) is 17.9 Å². The average Bonchev–Trinajstić information content (AvgIpc) is 2.62. The fourth-order valence-electron chi connectivity index (χ4n) is 0.862. The summed E-state index contributed by atoms with van der Waals surface area (Å²) >= 11 is 1.42. The van der Waals surface area contributed by atoms with Gasteiger partial charge in [-0.2, -0.15) is 0 Å². The molecule has 4 heteroatoms. The van der Waals surface area contributed by atoms with Crippen molar-refractivity contribution in [3.8, 4) is 0 Å². The van der Waals surface area contributed by atoms with Crippen LogP contribution < -0.4 is 11.1 Å². The van der Waals surface area contributed by atoms with Gasteiger partial charge in [0, 0.05) is 18.0 Å². The maximum Gasteiger partial charge on any atom is 0.261 e. The minimum Gasteiger partial charge on any atom is -0.348 e. The van der Waals surface area contributed by atoms with Gasteiger partial charge >= 0.3 is 0 Å². The van der Waals surface area contributed by atoms with Gasteiger partial charge in [-0.3, -0.25) is 4.79 Å². The summed E-state index contributed by atoms with van der Waals surface area (Å²) in [5.41, 5.74) is 5.43. The summed E-state index contributed by atoms with van der Waals surface area (Å²) in [7, 11) is 0. The summed E-state index contributed by atoms with van der Waals surface area (Å²) in [4.78, 5) is 13.1. The first-order chi connectivity index (χ1) is 6.27. The van der Waals surface area contributed by atoms with E-state index in [0.717, 1.165) is 4.88 Å². The number of hydrogen-bond acceptors (Lipinski definition) is 3. The molecule has 1 rings (SSSR count). The largest absolute Gasteiger partial charge is 0.348 e. The third-order valence-electron chi connectivity index (χ3n) is 1.49. The lowest BCUT2D eigenvalue weighted by Gasteiger charge is -1.97. The number of hydrogen-bond donors (Lipinski definition) is 2. The molecule has 0 fully saturated rings. The van der Waals surface area contributed by atoms with Gasteiger partial charge < -0.3 is 11.1 Å². The molecule has 0 atom stereocenters. The van der Waals surface area contributed by atoms with Crippen LogP contribution in [0.2, 0.25) is 0 Å². The lowest BCUT2D eigenvalue weighted by Crippen LogP contribution is -2.21. The quantitative estimate of drug-likeness (QED) is 0.709. The zero-order valence-corrected chi connectivity index (χ0v) is 8.06. The SMILES string of the molecule is C=CCNC(=O)c1ccc(CN)s1. The fraction of sp³-hybridized carbons (Fsp3) is 0.222. The molecule has 1 aromatic rings. The lowest BCUT2D eigenvalue weighted by molar-refractivity contribution is 0.0962. The van der Waals surface area contributed by atoms with Crippen LogP contribution in [0.3, 0.4) is 0 Å². The molecule has 1 amide bonds. The zero-order valence-electron chi connectivity index (χ0n) is 7.25. The van der Waals surface area contributed by atoms with Crippen molar-refractivity contribution in [3.63, 3.8) is 0 Å². The molecule has 1 aromatic heterocycles. The molecule has 0 aliphatic carbocycles. The van der Waals surface area contributed by atoms with Crippen LogP contribution in [0.15, 0.2) is 24.8 Å². The van der Waals surface area contributed by atoms with E-state index in [0.29, 0.717) is 18.0 Å². The van der Waals surface area contributed by atoms with E-state index >= 15 is 0 Å². The molecule has 0 radical (unpaired) electrons. The molecule has 70 valence electrons. The van der Waals surface area contributed by atoms with Gasteiger partial charge in [-0.25, -0.2) is 0 Å². The Morgan fingerprint density at radius 2 is 2.46 bits per heavy atom. The van der Waals surface area contributed by atoms with E-state index < -0.39 is 0 Å². The molecule has 13 heavy (non-hydrogen) atoms. The number of thiophene rings is 1. The van der Waals surface area contributed by atoms with E-state index in [1.165, 1.54) is 11.3 Å². The predicted molar refractivity (Wildman–Crippen MR) is 54.7 cm³/mol. The van der Waals surface area contributed by atoms with Crippen molar-refractivity contribution in [1.29, 1.82) is 0 Å². The molecule has 0 aliphatic heterocycles. The molecular weight excluding hydrogens is 184 g/mol. The standard InChI is InChI=1S/C9H12N2OS/c1-2-5-11-9(12)8-4-3-7(6-10)13-8/h2-4H,1,5-6,10H2,(H,11,12). The van der Waals surface area contributed by atoms with E-state index in [4.69, 9.17) is 5.73 Å². The van der Waals surface area contributed by atoms with E-state index in [2.05, 4.69) is 11.9 Å². The lowest BCUT2D eigenvalue weighted by atomic mass is 10.4. The Morgan fingerprint density at radius 1 is 1.69 bits per heavy atom. The number of nitrogens with two attached hydrogens (primary N) is 1. The Bertz CT molecular complexity index is 306. The molecule has 0 aromatic carbocycles. The number of carbonyl (C=O) groups is 1. The first-order valence-corrected chi connectivity index (χ1v) is 4.77. The van der Waals surface area contributed by atoms with Crippen LogP contribution in [0.25, 0.3) is 0 Å². The number of rotatable bonds is 4. The molecule has 3 nitrogen and oxygen atoms in total. The zero-order chi connectivity index (χ0) is 9.68. The second-order valence-electron chi connectivity index (χ2n) is 2.47. The number of amides is 1. The molecule has 0 unspecified atom stereocenters. The van der Waals surface area contributed by atoms with Gasteiger partial charge in [0.05, 0.1) is 4.88 Å². The highest BCUT2D eigenvalue weighted by Gasteiger charge is 2.06. The summed E-state index contributed by atoms with van der Waals surface area (Å²) in [6.45, 7) is 4.50. The topological polar surface area (TPSA) is 55.1 Å². The first kappa shape index (κ1) is 9.95. The van der Waals surface area contributed by atoms with Gasteiger partial charge in [0.25, 0.3) is 5.91 Å². The highest BCUT2D eigenvalue weighted by Crippen LogP contribution is 2.15. The highest BCUT2D eigenvalue weighted by atomic mass is 32.1. The van der Waals surface area contributed by atoms with Crippen LogP contribution in [-0.4, -0.2) is 12.5 Å². The van der Waals surface area contributed by atoms with Gasteiger partial charge in [0.2, 0.25) is 0 Å². The molecule has 0 spiro atoms. The minimum absolute atomic E-state index is 0.0652. The van der Waals surface area contributed by atoms with Crippen molar-refractivity contribution in [2.24, 2.45) is 5.73 Å². The molecule has 0 saturated carbocycles. The van der Waals surface area contributed by atoms with E-state index in [9.17, 15) is 4.79 Å². The molecule has 0 aliphatic rings. The first-order valence-electron chi connectivity index (χ1n) is 3.95. The van der Waals surface area contributed by atoms with Crippen LogP contribution in [-0.2, 0) is 6.54 Å². The Labute approximate surface area is 81.3 Å². The van der Waals surface area contributed by atoms with E-state index in [1.807, 2.05) is 6.07 Å². The highest BCUT2D eigenvalue weighted by molar-refractivity contribution is 7.14. The second-order valence-corrected chi connectivity index (χ2v) is 3.64. The van der Waals surface area contributed by atoms with Crippen LogP contribution in [0, 0.1) is 0 Å². The van der Waals surface area contributed by atoms with Gasteiger partial charge in [-0.05, 0) is 12.1 Å². The Balaban J connectivity index is 2.60. The average molecular weight is 196 g/mol. The maximum atomic E-state index is 11.3. The molecule has 0 bridgehead atoms. The van der Waals surface area contributed by atoms with Gasteiger partial charge in [0.15, 0.2) is 0 Å². The van der Waals surface area contributed by atoms with Gasteiger partial charge in [0.1, 0.15) is 0 Å². The number of nitrogens with one attached hydrogen (secondary N) is 1. The van der Waals surface area contributed by atoms with E-state index in [1.54, 1.807) is 12.1 Å². The Hall–Kier alpha value is -1.13.